The van der Waals surface area contributed by atoms with Crippen molar-refractivity contribution >= 4 is 22.5 Å². The summed E-state index contributed by atoms with van der Waals surface area (Å²) in [6, 6.07) is 5.72. The quantitative estimate of drug-likeness (QED) is 0.713. The van der Waals surface area contributed by atoms with Crippen molar-refractivity contribution in [1.29, 1.82) is 0 Å². The maximum atomic E-state index is 12.1. The molecule has 0 amide bonds. The lowest BCUT2D eigenvalue weighted by Gasteiger charge is -2.37. The lowest BCUT2D eigenvalue weighted by atomic mass is 10.0. The fourth-order valence-electron chi connectivity index (χ4n) is 3.90. The van der Waals surface area contributed by atoms with E-state index in [0.717, 1.165) is 54.3 Å². The Labute approximate surface area is 170 Å². The second kappa shape index (κ2) is 8.14. The molecule has 0 saturated carbocycles. The Morgan fingerprint density at radius 3 is 2.90 bits per heavy atom. The van der Waals surface area contributed by atoms with Crippen LogP contribution >= 0.6 is 0 Å². The number of nitrogens with one attached hydrogen (secondary N) is 1. The monoisotopic (exact) mass is 393 g/mol. The molecule has 1 aliphatic rings. The van der Waals surface area contributed by atoms with E-state index in [1.54, 1.807) is 23.1 Å². The molecule has 1 saturated heterocycles. The Bertz CT molecular complexity index is 1060. The lowest BCUT2D eigenvalue weighted by Crippen LogP contribution is -2.45. The molecule has 152 valence electrons. The molecule has 1 atom stereocenters. The standard InChI is InChI=1S/C21H27N7O/c1-14(2)28-20(29)8-7-19(26-28)27-11-5-4-6-16(27)12-23-21-17-9-10-22-13-18(17)24-15(3)25-21/h7-10,13-14,16H,4-6,11-12H2,1-3H3,(H,23,24,25). The molecule has 8 heteroatoms. The highest BCUT2D eigenvalue weighted by Crippen LogP contribution is 2.24. The minimum absolute atomic E-state index is 0.0350. The van der Waals surface area contributed by atoms with Crippen LogP contribution in [0.3, 0.4) is 0 Å². The molecule has 3 aromatic rings. The van der Waals surface area contributed by atoms with Crippen molar-refractivity contribution < 1.29 is 0 Å². The first-order chi connectivity index (χ1) is 14.0. The number of hydrogen-bond acceptors (Lipinski definition) is 7. The van der Waals surface area contributed by atoms with Gasteiger partial charge in [-0.3, -0.25) is 9.78 Å². The Kier molecular flexibility index (Phi) is 5.42. The largest absolute Gasteiger partial charge is 0.367 e. The summed E-state index contributed by atoms with van der Waals surface area (Å²) >= 11 is 0. The van der Waals surface area contributed by atoms with Gasteiger partial charge in [0.05, 0.1) is 17.8 Å². The summed E-state index contributed by atoms with van der Waals surface area (Å²) in [5.74, 6) is 2.41. The Balaban J connectivity index is 1.58. The molecule has 1 fully saturated rings. The van der Waals surface area contributed by atoms with Gasteiger partial charge in [0.1, 0.15) is 17.5 Å². The first-order valence-corrected chi connectivity index (χ1v) is 10.2. The van der Waals surface area contributed by atoms with Crippen LogP contribution in [0.4, 0.5) is 11.6 Å². The van der Waals surface area contributed by atoms with Gasteiger partial charge in [-0.25, -0.2) is 14.6 Å². The van der Waals surface area contributed by atoms with Crippen LogP contribution in [0.2, 0.25) is 0 Å². The van der Waals surface area contributed by atoms with Gasteiger partial charge in [0.25, 0.3) is 5.56 Å². The molecule has 0 aromatic carbocycles. The SMILES string of the molecule is Cc1nc(NCC2CCCCN2c2ccc(=O)n(C(C)C)n2)c2ccncc2n1. The summed E-state index contributed by atoms with van der Waals surface area (Å²) in [6.45, 7) is 7.53. The van der Waals surface area contributed by atoms with Gasteiger partial charge in [-0.2, -0.15) is 5.10 Å². The molecule has 29 heavy (non-hydrogen) atoms. The van der Waals surface area contributed by atoms with E-state index in [1.807, 2.05) is 32.9 Å². The van der Waals surface area contributed by atoms with E-state index < -0.39 is 0 Å². The van der Waals surface area contributed by atoms with Crippen LogP contribution in [0, 0.1) is 6.92 Å². The third-order valence-electron chi connectivity index (χ3n) is 5.34. The Hall–Kier alpha value is -3.03. The van der Waals surface area contributed by atoms with E-state index in [9.17, 15) is 4.79 Å². The van der Waals surface area contributed by atoms with Gasteiger partial charge in [0.15, 0.2) is 0 Å². The van der Waals surface area contributed by atoms with E-state index in [-0.39, 0.29) is 17.6 Å². The van der Waals surface area contributed by atoms with Gasteiger partial charge in [-0.15, -0.1) is 0 Å². The van der Waals surface area contributed by atoms with Gasteiger partial charge in [0.2, 0.25) is 0 Å². The minimum atomic E-state index is -0.0630. The second-order valence-electron chi connectivity index (χ2n) is 7.80. The number of rotatable bonds is 5. The molecular weight excluding hydrogens is 366 g/mol. The van der Waals surface area contributed by atoms with Crippen LogP contribution < -0.4 is 15.8 Å². The number of piperidine rings is 1. The predicted molar refractivity (Wildman–Crippen MR) is 114 cm³/mol. The average Bonchev–Trinajstić information content (AvgIpc) is 2.72. The molecule has 0 radical (unpaired) electrons. The highest BCUT2D eigenvalue weighted by Gasteiger charge is 2.24. The first-order valence-electron chi connectivity index (χ1n) is 10.2. The summed E-state index contributed by atoms with van der Waals surface area (Å²) in [5.41, 5.74) is 0.778. The number of anilines is 2. The smallest absolute Gasteiger partial charge is 0.267 e. The van der Waals surface area contributed by atoms with Crippen LogP contribution in [-0.4, -0.2) is 43.9 Å². The number of hydrogen-bond donors (Lipinski definition) is 1. The van der Waals surface area contributed by atoms with E-state index in [0.29, 0.717) is 0 Å². The van der Waals surface area contributed by atoms with Crippen LogP contribution in [0.1, 0.15) is 45.0 Å². The summed E-state index contributed by atoms with van der Waals surface area (Å²) in [4.78, 5) is 27.6. The fraction of sp³-hybridized carbons (Fsp3) is 0.476. The molecular formula is C21H27N7O. The third kappa shape index (κ3) is 4.06. The van der Waals surface area contributed by atoms with Crippen molar-refractivity contribution in [2.24, 2.45) is 0 Å². The van der Waals surface area contributed by atoms with Crippen molar-refractivity contribution in [3.05, 3.63) is 46.8 Å². The van der Waals surface area contributed by atoms with Gasteiger partial charge in [0, 0.05) is 36.8 Å². The van der Waals surface area contributed by atoms with Crippen molar-refractivity contribution in [3.8, 4) is 0 Å². The first kappa shape index (κ1) is 19.3. The normalized spacial score (nSPS) is 17.1. The summed E-state index contributed by atoms with van der Waals surface area (Å²) in [6.07, 6.45) is 6.90. The molecule has 4 heterocycles. The predicted octanol–water partition coefficient (Wildman–Crippen LogP) is 2.94. The third-order valence-corrected chi connectivity index (χ3v) is 5.34. The van der Waals surface area contributed by atoms with Crippen molar-refractivity contribution in [1.82, 2.24) is 24.7 Å². The van der Waals surface area contributed by atoms with Gasteiger partial charge in [-0.1, -0.05) is 0 Å². The van der Waals surface area contributed by atoms with E-state index >= 15 is 0 Å². The lowest BCUT2D eigenvalue weighted by molar-refractivity contribution is 0.451. The summed E-state index contributed by atoms with van der Waals surface area (Å²) in [7, 11) is 0. The molecule has 0 spiro atoms. The highest BCUT2D eigenvalue weighted by atomic mass is 16.1. The van der Waals surface area contributed by atoms with Crippen LogP contribution in [-0.2, 0) is 0 Å². The summed E-state index contributed by atoms with van der Waals surface area (Å²) < 4.78 is 1.56. The van der Waals surface area contributed by atoms with Crippen LogP contribution in [0.5, 0.6) is 0 Å². The molecule has 0 bridgehead atoms. The van der Waals surface area contributed by atoms with Gasteiger partial charge >= 0.3 is 0 Å². The Morgan fingerprint density at radius 2 is 2.07 bits per heavy atom. The molecule has 0 aliphatic carbocycles. The maximum absolute atomic E-state index is 12.1. The number of fused-ring (bicyclic) bond motifs is 1. The number of aromatic nitrogens is 5. The molecule has 1 N–H and O–H groups in total. The molecule has 1 aliphatic heterocycles. The average molecular weight is 393 g/mol. The molecule has 3 aromatic heterocycles. The summed E-state index contributed by atoms with van der Waals surface area (Å²) in [5, 5.41) is 9.13. The van der Waals surface area contributed by atoms with Crippen LogP contribution in [0.15, 0.2) is 35.4 Å². The zero-order valence-corrected chi connectivity index (χ0v) is 17.2. The topological polar surface area (TPSA) is 88.8 Å². The Morgan fingerprint density at radius 1 is 1.21 bits per heavy atom. The molecule has 4 rings (SSSR count). The number of pyridine rings is 1. The number of nitrogens with zero attached hydrogens (tertiary/aromatic N) is 6. The fourth-order valence-corrected chi connectivity index (χ4v) is 3.90. The maximum Gasteiger partial charge on any atom is 0.267 e. The zero-order valence-electron chi connectivity index (χ0n) is 17.2. The van der Waals surface area contributed by atoms with Crippen LogP contribution in [0.25, 0.3) is 10.9 Å². The molecule has 8 nitrogen and oxygen atoms in total. The highest BCUT2D eigenvalue weighted by molar-refractivity contribution is 5.88. The zero-order chi connectivity index (χ0) is 20.4. The van der Waals surface area contributed by atoms with Crippen molar-refractivity contribution in [2.75, 3.05) is 23.3 Å². The van der Waals surface area contributed by atoms with Crippen molar-refractivity contribution in [3.63, 3.8) is 0 Å². The van der Waals surface area contributed by atoms with E-state index in [4.69, 9.17) is 0 Å². The van der Waals surface area contributed by atoms with Crippen molar-refractivity contribution in [2.45, 2.75) is 52.1 Å². The number of aryl methyl sites for hydroxylation is 1. The minimum Gasteiger partial charge on any atom is -0.367 e. The van der Waals surface area contributed by atoms with Gasteiger partial charge < -0.3 is 10.2 Å². The van der Waals surface area contributed by atoms with E-state index in [2.05, 4.69) is 30.3 Å². The van der Waals surface area contributed by atoms with E-state index in [1.165, 1.54) is 6.42 Å². The molecule has 1 unspecified atom stereocenters. The second-order valence-corrected chi connectivity index (χ2v) is 7.80. The van der Waals surface area contributed by atoms with Gasteiger partial charge in [-0.05, 0) is 52.2 Å².